The Labute approximate surface area is 121 Å². The van der Waals surface area contributed by atoms with Gasteiger partial charge >= 0.3 is 12.0 Å². The van der Waals surface area contributed by atoms with E-state index in [2.05, 4.69) is 15.6 Å². The van der Waals surface area contributed by atoms with E-state index in [4.69, 9.17) is 5.11 Å². The summed E-state index contributed by atoms with van der Waals surface area (Å²) >= 11 is 0. The summed E-state index contributed by atoms with van der Waals surface area (Å²) < 4.78 is 0. The average Bonchev–Trinajstić information content (AvgIpc) is 2.41. The molecule has 0 aliphatic heterocycles. The number of rotatable bonds is 3. The van der Waals surface area contributed by atoms with Gasteiger partial charge in [-0.25, -0.2) is 9.59 Å². The summed E-state index contributed by atoms with van der Waals surface area (Å²) in [6.45, 7) is 3.53. The van der Waals surface area contributed by atoms with Crippen LogP contribution in [-0.2, 0) is 0 Å². The van der Waals surface area contributed by atoms with Crippen LogP contribution in [0.15, 0.2) is 36.5 Å². The largest absolute Gasteiger partial charge is 0.478 e. The van der Waals surface area contributed by atoms with Crippen LogP contribution in [0.2, 0.25) is 0 Å². The first-order valence-electron chi connectivity index (χ1n) is 6.30. The smallest absolute Gasteiger partial charge is 0.335 e. The van der Waals surface area contributed by atoms with Gasteiger partial charge in [-0.2, -0.15) is 0 Å². The summed E-state index contributed by atoms with van der Waals surface area (Å²) in [5.74, 6) is -0.991. The van der Waals surface area contributed by atoms with Crippen molar-refractivity contribution in [2.75, 3.05) is 10.6 Å². The minimum Gasteiger partial charge on any atom is -0.478 e. The van der Waals surface area contributed by atoms with Crippen LogP contribution in [0.5, 0.6) is 0 Å². The van der Waals surface area contributed by atoms with Gasteiger partial charge in [0, 0.05) is 11.4 Å². The fourth-order valence-corrected chi connectivity index (χ4v) is 1.82. The maximum Gasteiger partial charge on any atom is 0.335 e. The Morgan fingerprint density at radius 3 is 2.29 bits per heavy atom. The molecule has 108 valence electrons. The molecule has 1 aromatic heterocycles. The molecule has 0 bridgehead atoms. The number of aromatic carboxylic acids is 1. The second-order valence-electron chi connectivity index (χ2n) is 4.60. The minimum atomic E-state index is -0.991. The summed E-state index contributed by atoms with van der Waals surface area (Å²) in [5.41, 5.74) is 2.76. The molecule has 21 heavy (non-hydrogen) atoms. The molecule has 0 aliphatic carbocycles. The third-order valence-electron chi connectivity index (χ3n) is 2.88. The van der Waals surface area contributed by atoms with Crippen molar-refractivity contribution in [3.05, 3.63) is 53.3 Å². The maximum absolute atomic E-state index is 11.8. The van der Waals surface area contributed by atoms with Crippen LogP contribution in [0.4, 0.5) is 16.2 Å². The van der Waals surface area contributed by atoms with Crippen LogP contribution in [-0.4, -0.2) is 22.1 Å². The van der Waals surface area contributed by atoms with Gasteiger partial charge in [-0.05, 0) is 49.7 Å². The number of nitrogens with zero attached hydrogens (tertiary/aromatic N) is 1. The standard InChI is InChI=1S/C15H15N3O3/c1-9-7-11(5-6-13(9)14(19)20)17-15(21)18-12-4-3-10(2)16-8-12/h3-8H,1-2H3,(H,19,20)(H2,17,18,21). The van der Waals surface area contributed by atoms with Crippen LogP contribution < -0.4 is 10.6 Å². The van der Waals surface area contributed by atoms with Crippen molar-refractivity contribution in [3.8, 4) is 0 Å². The lowest BCUT2D eigenvalue weighted by atomic mass is 10.1. The van der Waals surface area contributed by atoms with Gasteiger partial charge in [0.05, 0.1) is 17.4 Å². The first kappa shape index (κ1) is 14.5. The molecule has 6 nitrogen and oxygen atoms in total. The molecule has 0 fully saturated rings. The minimum absolute atomic E-state index is 0.212. The number of aryl methyl sites for hydroxylation is 2. The molecule has 0 atom stereocenters. The molecule has 0 saturated carbocycles. The molecule has 1 heterocycles. The van der Waals surface area contributed by atoms with E-state index in [1.165, 1.54) is 6.07 Å². The van der Waals surface area contributed by atoms with Gasteiger partial charge in [0.2, 0.25) is 0 Å². The SMILES string of the molecule is Cc1ccc(NC(=O)Nc2ccc(C(=O)O)c(C)c2)cn1. The summed E-state index contributed by atoms with van der Waals surface area (Å²) in [6, 6.07) is 7.74. The van der Waals surface area contributed by atoms with E-state index in [1.807, 2.05) is 6.92 Å². The number of carbonyl (C=O) groups excluding carboxylic acids is 1. The normalized spacial score (nSPS) is 10.0. The fourth-order valence-electron chi connectivity index (χ4n) is 1.82. The van der Waals surface area contributed by atoms with Crippen molar-refractivity contribution >= 4 is 23.4 Å². The van der Waals surface area contributed by atoms with E-state index >= 15 is 0 Å². The highest BCUT2D eigenvalue weighted by molar-refractivity contribution is 6.00. The molecule has 0 spiro atoms. The monoisotopic (exact) mass is 285 g/mol. The van der Waals surface area contributed by atoms with E-state index < -0.39 is 12.0 Å². The number of hydrogen-bond donors (Lipinski definition) is 3. The first-order chi connectivity index (χ1) is 9.95. The average molecular weight is 285 g/mol. The van der Waals surface area contributed by atoms with Crippen molar-refractivity contribution in [2.45, 2.75) is 13.8 Å². The summed E-state index contributed by atoms with van der Waals surface area (Å²) in [4.78, 5) is 26.8. The molecule has 3 N–H and O–H groups in total. The molecule has 0 radical (unpaired) electrons. The van der Waals surface area contributed by atoms with Crippen molar-refractivity contribution < 1.29 is 14.7 Å². The number of hydrogen-bond acceptors (Lipinski definition) is 3. The zero-order chi connectivity index (χ0) is 15.4. The van der Waals surface area contributed by atoms with Crippen LogP contribution in [0.25, 0.3) is 0 Å². The Kier molecular flexibility index (Phi) is 4.18. The lowest BCUT2D eigenvalue weighted by Gasteiger charge is -2.09. The third kappa shape index (κ3) is 3.79. The number of carboxylic acids is 1. The highest BCUT2D eigenvalue weighted by Gasteiger charge is 2.09. The number of benzene rings is 1. The number of pyridine rings is 1. The second-order valence-corrected chi connectivity index (χ2v) is 4.60. The fraction of sp³-hybridized carbons (Fsp3) is 0.133. The molecular formula is C15H15N3O3. The second kappa shape index (κ2) is 6.04. The van der Waals surface area contributed by atoms with E-state index in [1.54, 1.807) is 37.4 Å². The number of amides is 2. The quantitative estimate of drug-likeness (QED) is 0.808. The zero-order valence-electron chi connectivity index (χ0n) is 11.7. The number of anilines is 2. The molecule has 0 saturated heterocycles. The Hall–Kier alpha value is -2.89. The number of urea groups is 1. The van der Waals surface area contributed by atoms with Gasteiger partial charge in [-0.15, -0.1) is 0 Å². The summed E-state index contributed by atoms with van der Waals surface area (Å²) in [6.07, 6.45) is 1.56. The maximum atomic E-state index is 11.8. The Morgan fingerprint density at radius 2 is 1.71 bits per heavy atom. The first-order valence-corrected chi connectivity index (χ1v) is 6.30. The Morgan fingerprint density at radius 1 is 1.05 bits per heavy atom. The zero-order valence-corrected chi connectivity index (χ0v) is 11.7. The van der Waals surface area contributed by atoms with Gasteiger partial charge in [0.25, 0.3) is 0 Å². The molecule has 2 amide bonds. The van der Waals surface area contributed by atoms with Gasteiger partial charge in [-0.1, -0.05) is 0 Å². The van der Waals surface area contributed by atoms with Crippen LogP contribution in [0.3, 0.4) is 0 Å². The van der Waals surface area contributed by atoms with Gasteiger partial charge in [0.1, 0.15) is 0 Å². The number of carboxylic acid groups (broad SMARTS) is 1. The molecule has 0 aliphatic rings. The lowest BCUT2D eigenvalue weighted by molar-refractivity contribution is 0.0696. The molecule has 6 heteroatoms. The molecular weight excluding hydrogens is 270 g/mol. The van der Waals surface area contributed by atoms with Crippen LogP contribution in [0, 0.1) is 13.8 Å². The summed E-state index contributed by atoms with van der Waals surface area (Å²) in [5, 5.41) is 14.2. The molecule has 0 unspecified atom stereocenters. The Bertz CT molecular complexity index is 681. The topological polar surface area (TPSA) is 91.3 Å². The highest BCUT2D eigenvalue weighted by atomic mass is 16.4. The Balaban J connectivity index is 2.04. The predicted octanol–water partition coefficient (Wildman–Crippen LogP) is 3.04. The van der Waals surface area contributed by atoms with Crippen molar-refractivity contribution in [2.24, 2.45) is 0 Å². The van der Waals surface area contributed by atoms with Crippen molar-refractivity contribution in [3.63, 3.8) is 0 Å². The van der Waals surface area contributed by atoms with Crippen molar-refractivity contribution in [1.29, 1.82) is 0 Å². The lowest BCUT2D eigenvalue weighted by Crippen LogP contribution is -2.19. The van der Waals surface area contributed by atoms with Gasteiger partial charge in [0.15, 0.2) is 0 Å². The number of carbonyl (C=O) groups is 2. The number of aromatic nitrogens is 1. The van der Waals surface area contributed by atoms with Gasteiger partial charge in [-0.3, -0.25) is 4.98 Å². The van der Waals surface area contributed by atoms with Gasteiger partial charge < -0.3 is 15.7 Å². The molecule has 2 rings (SSSR count). The summed E-state index contributed by atoms with van der Waals surface area (Å²) in [7, 11) is 0. The predicted molar refractivity (Wildman–Crippen MR) is 79.8 cm³/mol. The third-order valence-corrected chi connectivity index (χ3v) is 2.88. The molecule has 2 aromatic rings. The van der Waals surface area contributed by atoms with E-state index in [0.717, 1.165) is 5.69 Å². The van der Waals surface area contributed by atoms with Crippen LogP contribution >= 0.6 is 0 Å². The number of nitrogens with one attached hydrogen (secondary N) is 2. The molecule has 1 aromatic carbocycles. The van der Waals surface area contributed by atoms with E-state index in [0.29, 0.717) is 16.9 Å². The van der Waals surface area contributed by atoms with Crippen molar-refractivity contribution in [1.82, 2.24) is 4.98 Å². The van der Waals surface area contributed by atoms with E-state index in [-0.39, 0.29) is 5.56 Å². The van der Waals surface area contributed by atoms with E-state index in [9.17, 15) is 9.59 Å². The highest BCUT2D eigenvalue weighted by Crippen LogP contribution is 2.15. The van der Waals surface area contributed by atoms with Crippen LogP contribution in [0.1, 0.15) is 21.6 Å².